The van der Waals surface area contributed by atoms with Crippen molar-refractivity contribution >= 4 is 16.0 Å². The predicted molar refractivity (Wildman–Crippen MR) is 67.4 cm³/mol. The molecule has 0 aromatic carbocycles. The van der Waals surface area contributed by atoms with Crippen LogP contribution in [0, 0.1) is 0 Å². The average Bonchev–Trinajstić information content (AvgIpc) is 2.26. The number of hydrogen-bond acceptors (Lipinski definition) is 3. The van der Waals surface area contributed by atoms with E-state index in [9.17, 15) is 13.2 Å². The van der Waals surface area contributed by atoms with Crippen molar-refractivity contribution in [2.45, 2.75) is 46.0 Å². The van der Waals surface area contributed by atoms with Crippen molar-refractivity contribution < 1.29 is 18.3 Å². The van der Waals surface area contributed by atoms with Gasteiger partial charge in [0.15, 0.2) is 0 Å². The van der Waals surface area contributed by atoms with Crippen LogP contribution in [0.2, 0.25) is 0 Å². The molecule has 0 atom stereocenters. The van der Waals surface area contributed by atoms with Crippen LogP contribution in [0.1, 0.15) is 46.0 Å². The van der Waals surface area contributed by atoms with E-state index in [2.05, 4.69) is 0 Å². The molecular weight excluding hydrogens is 242 g/mol. The van der Waals surface area contributed by atoms with Crippen molar-refractivity contribution in [2.24, 2.45) is 0 Å². The lowest BCUT2D eigenvalue weighted by atomic mass is 10.3. The first-order valence-corrected chi connectivity index (χ1v) is 7.74. The number of hydrogen-bond donors (Lipinski definition) is 1. The van der Waals surface area contributed by atoms with E-state index in [4.69, 9.17) is 5.11 Å². The summed E-state index contributed by atoms with van der Waals surface area (Å²) in [6.07, 6.45) is 3.16. The van der Waals surface area contributed by atoms with Crippen LogP contribution in [0.25, 0.3) is 0 Å². The minimum absolute atomic E-state index is 0.296. The van der Waals surface area contributed by atoms with Gasteiger partial charge in [-0.1, -0.05) is 26.7 Å². The molecular formula is C11H23NO4S. The summed E-state index contributed by atoms with van der Waals surface area (Å²) in [7, 11) is -3.41. The number of rotatable bonds is 10. The number of carboxylic acid groups (broad SMARTS) is 1. The molecule has 1 N–H and O–H groups in total. The molecule has 0 unspecified atom stereocenters. The fourth-order valence-electron chi connectivity index (χ4n) is 1.40. The molecule has 17 heavy (non-hydrogen) atoms. The first-order valence-electron chi connectivity index (χ1n) is 6.13. The van der Waals surface area contributed by atoms with Crippen LogP contribution < -0.4 is 0 Å². The second-order valence-corrected chi connectivity index (χ2v) is 6.15. The summed E-state index contributed by atoms with van der Waals surface area (Å²) in [6, 6.07) is 0. The zero-order chi connectivity index (χ0) is 13.3. The second kappa shape index (κ2) is 8.47. The summed E-state index contributed by atoms with van der Waals surface area (Å²) in [6.45, 7) is 5.00. The van der Waals surface area contributed by atoms with Gasteiger partial charge in [-0.15, -0.1) is 0 Å². The largest absolute Gasteiger partial charge is 0.481 e. The van der Waals surface area contributed by atoms with Gasteiger partial charge in [-0.3, -0.25) is 4.79 Å². The Hall–Kier alpha value is -0.620. The van der Waals surface area contributed by atoms with E-state index in [1.165, 1.54) is 4.31 Å². The first-order chi connectivity index (χ1) is 7.94. The lowest BCUT2D eigenvalue weighted by molar-refractivity contribution is -0.136. The van der Waals surface area contributed by atoms with E-state index in [0.717, 1.165) is 25.7 Å². The van der Waals surface area contributed by atoms with Crippen molar-refractivity contribution in [2.75, 3.05) is 18.8 Å². The normalized spacial score (nSPS) is 11.9. The molecule has 0 fully saturated rings. The molecule has 0 radical (unpaired) electrons. The fraction of sp³-hybridized carbons (Fsp3) is 0.909. The Morgan fingerprint density at radius 3 is 1.94 bits per heavy atom. The van der Waals surface area contributed by atoms with Crippen molar-refractivity contribution in [3.8, 4) is 0 Å². The minimum atomic E-state index is -3.41. The number of carboxylic acids is 1. The molecule has 6 heteroatoms. The van der Waals surface area contributed by atoms with Gasteiger partial charge in [-0.25, -0.2) is 12.7 Å². The second-order valence-electron chi connectivity index (χ2n) is 4.07. The van der Waals surface area contributed by atoms with Gasteiger partial charge in [0.25, 0.3) is 0 Å². The summed E-state index contributed by atoms with van der Waals surface area (Å²) in [5, 5.41) is 8.53. The van der Waals surface area contributed by atoms with Crippen LogP contribution in [0.4, 0.5) is 0 Å². The molecule has 0 heterocycles. The van der Waals surface area contributed by atoms with Crippen molar-refractivity contribution in [1.82, 2.24) is 4.31 Å². The maximum absolute atomic E-state index is 11.9. The lowest BCUT2D eigenvalue weighted by Crippen LogP contribution is -2.35. The zero-order valence-corrected chi connectivity index (χ0v) is 11.5. The van der Waals surface area contributed by atoms with E-state index in [1.807, 2.05) is 13.8 Å². The van der Waals surface area contributed by atoms with Crippen molar-refractivity contribution in [3.05, 3.63) is 0 Å². The van der Waals surface area contributed by atoms with E-state index in [-0.39, 0.29) is 12.2 Å². The van der Waals surface area contributed by atoms with Crippen LogP contribution in [0.15, 0.2) is 0 Å². The van der Waals surface area contributed by atoms with Crippen LogP contribution in [-0.4, -0.2) is 42.6 Å². The number of sulfonamides is 1. The number of aliphatic carboxylic acids is 1. The highest BCUT2D eigenvalue weighted by atomic mass is 32.2. The summed E-state index contributed by atoms with van der Waals surface area (Å²) < 4.78 is 25.3. The standard InChI is InChI=1S/C11H23NO4S/c1-3-5-8-12(9-6-4-2)17(15,16)10-7-11(13)14/h3-10H2,1-2H3,(H,13,14). The highest BCUT2D eigenvalue weighted by molar-refractivity contribution is 7.89. The zero-order valence-electron chi connectivity index (χ0n) is 10.7. The lowest BCUT2D eigenvalue weighted by Gasteiger charge is -2.21. The summed E-state index contributed by atoms with van der Waals surface area (Å²) >= 11 is 0. The molecule has 102 valence electrons. The maximum Gasteiger partial charge on any atom is 0.304 e. The van der Waals surface area contributed by atoms with Crippen molar-refractivity contribution in [3.63, 3.8) is 0 Å². The SMILES string of the molecule is CCCCN(CCCC)S(=O)(=O)CCC(=O)O. The Morgan fingerprint density at radius 2 is 1.59 bits per heavy atom. The van der Waals surface area contributed by atoms with E-state index in [1.54, 1.807) is 0 Å². The van der Waals surface area contributed by atoms with Gasteiger partial charge < -0.3 is 5.11 Å². The Labute approximate surface area is 104 Å². The van der Waals surface area contributed by atoms with Crippen LogP contribution in [0.3, 0.4) is 0 Å². The van der Waals surface area contributed by atoms with Gasteiger partial charge >= 0.3 is 5.97 Å². The van der Waals surface area contributed by atoms with Gasteiger partial charge in [0, 0.05) is 13.1 Å². The summed E-state index contributed by atoms with van der Waals surface area (Å²) in [5.74, 6) is -1.37. The fourth-order valence-corrected chi connectivity index (χ4v) is 2.91. The van der Waals surface area contributed by atoms with Gasteiger partial charge in [-0.2, -0.15) is 0 Å². The van der Waals surface area contributed by atoms with E-state index >= 15 is 0 Å². The quantitative estimate of drug-likeness (QED) is 0.652. The molecule has 0 spiro atoms. The number of unbranched alkanes of at least 4 members (excludes halogenated alkanes) is 2. The average molecular weight is 265 g/mol. The van der Waals surface area contributed by atoms with Crippen LogP contribution in [-0.2, 0) is 14.8 Å². The Morgan fingerprint density at radius 1 is 1.12 bits per heavy atom. The molecule has 0 aromatic rings. The van der Waals surface area contributed by atoms with E-state index < -0.39 is 16.0 Å². The Bertz CT molecular complexity index is 305. The molecule has 0 saturated carbocycles. The molecule has 0 saturated heterocycles. The monoisotopic (exact) mass is 265 g/mol. The molecule has 0 aromatic heterocycles. The van der Waals surface area contributed by atoms with Crippen LogP contribution in [0.5, 0.6) is 0 Å². The van der Waals surface area contributed by atoms with Crippen LogP contribution >= 0.6 is 0 Å². The Kier molecular flexibility index (Phi) is 8.16. The predicted octanol–water partition coefficient (Wildman–Crippen LogP) is 1.69. The molecule has 0 aliphatic heterocycles. The Balaban J connectivity index is 4.45. The number of carbonyl (C=O) groups is 1. The third-order valence-electron chi connectivity index (χ3n) is 2.49. The maximum atomic E-state index is 11.9. The highest BCUT2D eigenvalue weighted by Crippen LogP contribution is 2.08. The van der Waals surface area contributed by atoms with Gasteiger partial charge in [0.1, 0.15) is 0 Å². The molecule has 0 amide bonds. The first kappa shape index (κ1) is 16.4. The third kappa shape index (κ3) is 7.33. The van der Waals surface area contributed by atoms with Gasteiger partial charge in [0.05, 0.1) is 12.2 Å². The molecule has 5 nitrogen and oxygen atoms in total. The minimum Gasteiger partial charge on any atom is -0.481 e. The highest BCUT2D eigenvalue weighted by Gasteiger charge is 2.21. The summed E-state index contributed by atoms with van der Waals surface area (Å²) in [5.41, 5.74) is 0. The molecule has 0 rings (SSSR count). The summed E-state index contributed by atoms with van der Waals surface area (Å²) in [4.78, 5) is 10.4. The molecule has 0 aliphatic rings. The molecule has 0 bridgehead atoms. The topological polar surface area (TPSA) is 74.7 Å². The molecule has 0 aliphatic carbocycles. The van der Waals surface area contributed by atoms with E-state index in [0.29, 0.717) is 13.1 Å². The van der Waals surface area contributed by atoms with Gasteiger partial charge in [0.2, 0.25) is 10.0 Å². The van der Waals surface area contributed by atoms with Crippen molar-refractivity contribution in [1.29, 1.82) is 0 Å². The number of nitrogens with zero attached hydrogens (tertiary/aromatic N) is 1. The third-order valence-corrected chi connectivity index (χ3v) is 4.36. The van der Waals surface area contributed by atoms with Gasteiger partial charge in [-0.05, 0) is 12.8 Å². The smallest absolute Gasteiger partial charge is 0.304 e.